The lowest BCUT2D eigenvalue weighted by Crippen LogP contribution is -2.39. The molecule has 0 radical (unpaired) electrons. The van der Waals surface area contributed by atoms with Gasteiger partial charge >= 0.3 is 0 Å². The first-order chi connectivity index (χ1) is 6.65. The summed E-state index contributed by atoms with van der Waals surface area (Å²) in [5, 5.41) is 2.62. The zero-order chi connectivity index (χ0) is 10.6. The Morgan fingerprint density at radius 2 is 2.50 bits per heavy atom. The van der Waals surface area contributed by atoms with E-state index in [-0.39, 0.29) is 17.9 Å². The fourth-order valence-corrected chi connectivity index (χ4v) is 1.35. The van der Waals surface area contributed by atoms with Crippen molar-refractivity contribution in [3.63, 3.8) is 0 Å². The Hall–Kier alpha value is -1.36. The third-order valence-corrected chi connectivity index (χ3v) is 2.15. The summed E-state index contributed by atoms with van der Waals surface area (Å²) in [6.45, 7) is 1.02. The van der Waals surface area contributed by atoms with E-state index >= 15 is 0 Å². The van der Waals surface area contributed by atoms with Gasteiger partial charge in [-0.05, 0) is 6.42 Å². The van der Waals surface area contributed by atoms with Crippen LogP contribution in [0.25, 0.3) is 0 Å². The van der Waals surface area contributed by atoms with E-state index in [1.165, 1.54) is 6.08 Å². The number of rotatable bonds is 3. The minimum atomic E-state index is -0.366. The van der Waals surface area contributed by atoms with E-state index in [9.17, 15) is 9.59 Å². The van der Waals surface area contributed by atoms with Gasteiger partial charge in [0.15, 0.2) is 0 Å². The average Bonchev–Trinajstić information content (AvgIpc) is 2.46. The predicted octanol–water partition coefficient (Wildman–Crippen LogP) is -1.15. The Kier molecular flexibility index (Phi) is 3.64. The molecule has 1 aliphatic rings. The van der Waals surface area contributed by atoms with Crippen LogP contribution in [-0.2, 0) is 9.59 Å². The number of likely N-dealkylation sites (N-methyl/N-ethyl adjacent to an activating group) is 1. The lowest BCUT2D eigenvalue weighted by Gasteiger charge is -2.10. The highest BCUT2D eigenvalue weighted by Crippen LogP contribution is 2.07. The third-order valence-electron chi connectivity index (χ3n) is 2.15. The topological polar surface area (TPSA) is 75.4 Å². The zero-order valence-corrected chi connectivity index (χ0v) is 8.19. The maximum absolute atomic E-state index is 11.4. The molecule has 1 unspecified atom stereocenters. The molecule has 5 nitrogen and oxygen atoms in total. The van der Waals surface area contributed by atoms with Crippen LogP contribution in [0.2, 0.25) is 0 Å². The summed E-state index contributed by atoms with van der Waals surface area (Å²) >= 11 is 0. The number of nitrogens with zero attached hydrogens (tertiary/aromatic N) is 1. The Morgan fingerprint density at radius 1 is 1.79 bits per heavy atom. The summed E-state index contributed by atoms with van der Waals surface area (Å²) in [6, 6.07) is -0.366. The molecule has 1 aliphatic heterocycles. The molecular weight excluding hydrogens is 182 g/mol. The Morgan fingerprint density at radius 3 is 3.00 bits per heavy atom. The molecule has 1 heterocycles. The summed E-state index contributed by atoms with van der Waals surface area (Å²) in [5.74, 6) is -0.288. The molecule has 2 amide bonds. The third kappa shape index (κ3) is 2.56. The fraction of sp³-hybridized carbons (Fsp3) is 0.556. The molecule has 1 atom stereocenters. The molecule has 78 valence electrons. The van der Waals surface area contributed by atoms with Crippen molar-refractivity contribution in [3.8, 4) is 0 Å². The zero-order valence-electron chi connectivity index (χ0n) is 8.19. The molecule has 0 aromatic rings. The average molecular weight is 197 g/mol. The number of nitrogens with two attached hydrogens (primary N) is 1. The van der Waals surface area contributed by atoms with Crippen molar-refractivity contribution in [1.29, 1.82) is 0 Å². The van der Waals surface area contributed by atoms with Crippen molar-refractivity contribution in [2.75, 3.05) is 20.1 Å². The second-order valence-electron chi connectivity index (χ2n) is 3.25. The number of likely N-dealkylation sites (tertiary alicyclic amines) is 1. The molecular formula is C9H15N3O2. The van der Waals surface area contributed by atoms with Crippen LogP contribution >= 0.6 is 0 Å². The molecule has 1 saturated heterocycles. The summed E-state index contributed by atoms with van der Waals surface area (Å²) in [6.07, 6.45) is 3.58. The first kappa shape index (κ1) is 10.7. The maximum atomic E-state index is 11.4. The molecule has 5 heteroatoms. The molecule has 0 aromatic heterocycles. The smallest absolute Gasteiger partial charge is 0.244 e. The molecule has 0 spiro atoms. The highest BCUT2D eigenvalue weighted by Gasteiger charge is 2.29. The van der Waals surface area contributed by atoms with Crippen molar-refractivity contribution in [2.45, 2.75) is 12.5 Å². The van der Waals surface area contributed by atoms with Gasteiger partial charge in [0.05, 0.1) is 0 Å². The van der Waals surface area contributed by atoms with Crippen LogP contribution < -0.4 is 11.1 Å². The molecule has 0 bridgehead atoms. The molecule has 14 heavy (non-hydrogen) atoms. The molecule has 1 rings (SSSR count). The fourth-order valence-electron chi connectivity index (χ4n) is 1.35. The van der Waals surface area contributed by atoms with Gasteiger partial charge in [-0.1, -0.05) is 6.08 Å². The summed E-state index contributed by atoms with van der Waals surface area (Å²) < 4.78 is 0. The largest absolute Gasteiger partial charge is 0.344 e. The highest BCUT2D eigenvalue weighted by molar-refractivity contribution is 5.93. The van der Waals surface area contributed by atoms with Gasteiger partial charge in [-0.25, -0.2) is 0 Å². The highest BCUT2D eigenvalue weighted by atomic mass is 16.2. The van der Waals surface area contributed by atoms with Crippen LogP contribution in [0, 0.1) is 0 Å². The number of carbonyl (C=O) groups is 2. The van der Waals surface area contributed by atoms with Crippen LogP contribution in [0.3, 0.4) is 0 Å². The van der Waals surface area contributed by atoms with Gasteiger partial charge in [-0.15, -0.1) is 0 Å². The summed E-state index contributed by atoms with van der Waals surface area (Å²) in [4.78, 5) is 24.2. The Balaban J connectivity index is 2.42. The molecule has 0 saturated carbocycles. The lowest BCUT2D eigenvalue weighted by atomic mass is 10.2. The van der Waals surface area contributed by atoms with Gasteiger partial charge in [-0.2, -0.15) is 0 Å². The normalized spacial score (nSPS) is 22.0. The number of hydrogen-bond donors (Lipinski definition) is 2. The van der Waals surface area contributed by atoms with Crippen molar-refractivity contribution < 1.29 is 9.59 Å². The van der Waals surface area contributed by atoms with E-state index in [2.05, 4.69) is 5.32 Å². The van der Waals surface area contributed by atoms with Crippen LogP contribution in [0.5, 0.6) is 0 Å². The summed E-state index contributed by atoms with van der Waals surface area (Å²) in [5.41, 5.74) is 5.19. The summed E-state index contributed by atoms with van der Waals surface area (Å²) in [7, 11) is 1.73. The van der Waals surface area contributed by atoms with E-state index in [0.717, 1.165) is 0 Å². The number of nitrogens with one attached hydrogen (secondary N) is 1. The van der Waals surface area contributed by atoms with Gasteiger partial charge in [0, 0.05) is 26.2 Å². The van der Waals surface area contributed by atoms with Crippen molar-refractivity contribution in [2.24, 2.45) is 5.73 Å². The minimum Gasteiger partial charge on any atom is -0.344 e. The Bertz CT molecular complexity index is 263. The standard InChI is InChI=1S/C9H15N3O2/c1-12-6-4-7(9(12)14)11-8(13)3-2-5-10/h2-3,7H,4-6,10H2,1H3,(H,11,13)/b3-2+. The number of hydrogen-bond acceptors (Lipinski definition) is 3. The van der Waals surface area contributed by atoms with Gasteiger partial charge < -0.3 is 16.0 Å². The maximum Gasteiger partial charge on any atom is 0.244 e. The van der Waals surface area contributed by atoms with E-state index < -0.39 is 0 Å². The SMILES string of the molecule is CN1CCC(NC(=O)/C=C/CN)C1=O. The first-order valence-electron chi connectivity index (χ1n) is 4.57. The lowest BCUT2D eigenvalue weighted by molar-refractivity contribution is -0.130. The number of amides is 2. The van der Waals surface area contributed by atoms with Crippen molar-refractivity contribution in [3.05, 3.63) is 12.2 Å². The molecule has 3 N–H and O–H groups in total. The molecule has 0 aliphatic carbocycles. The van der Waals surface area contributed by atoms with Crippen LogP contribution in [0.4, 0.5) is 0 Å². The first-order valence-corrected chi connectivity index (χ1v) is 4.57. The molecule has 0 aromatic carbocycles. The van der Waals surface area contributed by atoms with Crippen LogP contribution in [-0.4, -0.2) is 42.9 Å². The van der Waals surface area contributed by atoms with E-state index in [0.29, 0.717) is 19.5 Å². The van der Waals surface area contributed by atoms with E-state index in [4.69, 9.17) is 5.73 Å². The van der Waals surface area contributed by atoms with Gasteiger partial charge in [-0.3, -0.25) is 9.59 Å². The van der Waals surface area contributed by atoms with Crippen LogP contribution in [0.15, 0.2) is 12.2 Å². The minimum absolute atomic E-state index is 0.0282. The van der Waals surface area contributed by atoms with Gasteiger partial charge in [0.25, 0.3) is 0 Å². The number of carbonyl (C=O) groups excluding carboxylic acids is 2. The quantitative estimate of drug-likeness (QED) is 0.561. The predicted molar refractivity (Wildman–Crippen MR) is 52.4 cm³/mol. The van der Waals surface area contributed by atoms with Gasteiger partial charge in [0.2, 0.25) is 11.8 Å². The van der Waals surface area contributed by atoms with Crippen molar-refractivity contribution in [1.82, 2.24) is 10.2 Å². The van der Waals surface area contributed by atoms with Crippen molar-refractivity contribution >= 4 is 11.8 Å². The van der Waals surface area contributed by atoms with E-state index in [1.54, 1.807) is 18.0 Å². The molecule has 1 fully saturated rings. The second kappa shape index (κ2) is 4.76. The van der Waals surface area contributed by atoms with E-state index in [1.807, 2.05) is 0 Å². The Labute approximate surface area is 82.9 Å². The van der Waals surface area contributed by atoms with Gasteiger partial charge in [0.1, 0.15) is 6.04 Å². The van der Waals surface area contributed by atoms with Crippen LogP contribution in [0.1, 0.15) is 6.42 Å². The second-order valence-corrected chi connectivity index (χ2v) is 3.25. The monoisotopic (exact) mass is 197 g/mol.